The van der Waals surface area contributed by atoms with E-state index >= 15 is 0 Å². The van der Waals surface area contributed by atoms with E-state index in [4.69, 9.17) is 5.73 Å². The molecular weight excluding hydrogens is 248 g/mol. The van der Waals surface area contributed by atoms with Crippen LogP contribution in [0.25, 0.3) is 0 Å². The first kappa shape index (κ1) is 14.7. The summed E-state index contributed by atoms with van der Waals surface area (Å²) in [5, 5.41) is 16.2. The molecule has 7 heteroatoms. The van der Waals surface area contributed by atoms with Crippen molar-refractivity contribution in [3.8, 4) is 0 Å². The zero-order valence-corrected chi connectivity index (χ0v) is 10.6. The fourth-order valence-corrected chi connectivity index (χ4v) is 1.47. The van der Waals surface area contributed by atoms with Crippen molar-refractivity contribution >= 4 is 17.3 Å². The lowest BCUT2D eigenvalue weighted by molar-refractivity contribution is -0.384. The fraction of sp³-hybridized carbons (Fsp3) is 0.250. The van der Waals surface area contributed by atoms with Crippen LogP contribution in [-0.4, -0.2) is 31.0 Å². The Bertz CT molecular complexity index is 500. The highest BCUT2D eigenvalue weighted by atomic mass is 16.6. The van der Waals surface area contributed by atoms with Crippen LogP contribution in [0.4, 0.5) is 11.4 Å². The Hall–Kier alpha value is -2.41. The van der Waals surface area contributed by atoms with Crippen molar-refractivity contribution < 1.29 is 9.72 Å². The number of rotatable bonds is 6. The van der Waals surface area contributed by atoms with Gasteiger partial charge in [-0.2, -0.15) is 0 Å². The van der Waals surface area contributed by atoms with E-state index in [1.807, 2.05) is 0 Å². The smallest absolute Gasteiger partial charge is 0.292 e. The molecule has 1 amide bonds. The number of nitrogens with two attached hydrogens (primary N) is 1. The number of amides is 1. The minimum atomic E-state index is -0.497. The molecule has 0 aliphatic heterocycles. The molecule has 7 nitrogen and oxygen atoms in total. The number of carbonyl (C=O) groups is 1. The van der Waals surface area contributed by atoms with E-state index in [-0.39, 0.29) is 11.6 Å². The van der Waals surface area contributed by atoms with E-state index in [2.05, 4.69) is 10.6 Å². The van der Waals surface area contributed by atoms with Gasteiger partial charge in [0.05, 0.1) is 4.92 Å². The second-order valence-electron chi connectivity index (χ2n) is 3.66. The Kier molecular flexibility index (Phi) is 5.49. The SMILES string of the molecule is CNC(=O)c1ccc([N+](=O)[O-])c(NC/C=C/CN)c1. The maximum Gasteiger partial charge on any atom is 0.292 e. The number of nitrogens with zero attached hydrogens (tertiary/aromatic N) is 1. The van der Waals surface area contributed by atoms with Crippen LogP contribution in [-0.2, 0) is 0 Å². The Morgan fingerprint density at radius 1 is 1.47 bits per heavy atom. The summed E-state index contributed by atoms with van der Waals surface area (Å²) in [5.74, 6) is -0.296. The average Bonchev–Trinajstić information content (AvgIpc) is 2.42. The highest BCUT2D eigenvalue weighted by molar-refractivity contribution is 5.95. The third-order valence-electron chi connectivity index (χ3n) is 2.40. The Balaban J connectivity index is 2.98. The van der Waals surface area contributed by atoms with Gasteiger partial charge in [0.1, 0.15) is 5.69 Å². The molecule has 0 radical (unpaired) electrons. The summed E-state index contributed by atoms with van der Waals surface area (Å²) in [6, 6.07) is 4.17. The first-order valence-electron chi connectivity index (χ1n) is 5.69. The molecule has 4 N–H and O–H groups in total. The molecule has 102 valence electrons. The van der Waals surface area contributed by atoms with Gasteiger partial charge >= 0.3 is 0 Å². The number of carbonyl (C=O) groups excluding carboxylic acids is 1. The minimum absolute atomic E-state index is 0.0752. The lowest BCUT2D eigenvalue weighted by Gasteiger charge is -2.07. The topological polar surface area (TPSA) is 110 Å². The van der Waals surface area contributed by atoms with Crippen molar-refractivity contribution in [2.75, 3.05) is 25.5 Å². The van der Waals surface area contributed by atoms with Gasteiger partial charge in [-0.05, 0) is 12.1 Å². The lowest BCUT2D eigenvalue weighted by atomic mass is 10.1. The summed E-state index contributed by atoms with van der Waals surface area (Å²) < 4.78 is 0. The third kappa shape index (κ3) is 4.07. The molecule has 0 aliphatic rings. The van der Waals surface area contributed by atoms with Gasteiger partial charge in [0, 0.05) is 31.8 Å². The monoisotopic (exact) mass is 264 g/mol. The molecule has 0 heterocycles. The molecule has 0 aromatic heterocycles. The molecule has 1 aromatic rings. The molecule has 0 fully saturated rings. The van der Waals surface area contributed by atoms with E-state index in [0.717, 1.165) is 0 Å². The van der Waals surface area contributed by atoms with E-state index in [1.54, 1.807) is 12.2 Å². The number of nitro benzene ring substituents is 1. The van der Waals surface area contributed by atoms with Gasteiger partial charge in [-0.3, -0.25) is 14.9 Å². The Morgan fingerprint density at radius 3 is 2.79 bits per heavy atom. The Labute approximate surface area is 110 Å². The van der Waals surface area contributed by atoms with Crippen LogP contribution in [0, 0.1) is 10.1 Å². The number of anilines is 1. The summed E-state index contributed by atoms with van der Waals surface area (Å²) in [6.07, 6.45) is 3.50. The molecule has 0 saturated carbocycles. The first-order valence-corrected chi connectivity index (χ1v) is 5.69. The molecule has 0 unspecified atom stereocenters. The fourth-order valence-electron chi connectivity index (χ4n) is 1.47. The zero-order valence-electron chi connectivity index (χ0n) is 10.6. The lowest BCUT2D eigenvalue weighted by Crippen LogP contribution is -2.18. The van der Waals surface area contributed by atoms with Gasteiger partial charge in [-0.25, -0.2) is 0 Å². The van der Waals surface area contributed by atoms with Gasteiger partial charge in [-0.1, -0.05) is 12.2 Å². The van der Waals surface area contributed by atoms with E-state index in [1.165, 1.54) is 25.2 Å². The van der Waals surface area contributed by atoms with E-state index < -0.39 is 4.92 Å². The quantitative estimate of drug-likeness (QED) is 0.401. The molecular formula is C12H16N4O3. The largest absolute Gasteiger partial charge is 0.376 e. The zero-order chi connectivity index (χ0) is 14.3. The maximum atomic E-state index is 11.5. The number of nitro groups is 1. The minimum Gasteiger partial charge on any atom is -0.376 e. The maximum absolute atomic E-state index is 11.5. The standard InChI is InChI=1S/C12H16N4O3/c1-14-12(17)9-4-5-11(16(18)19)10(8-9)15-7-3-2-6-13/h2-5,8,15H,6-7,13H2,1H3,(H,14,17)/b3-2+. The average molecular weight is 264 g/mol. The van der Waals surface area contributed by atoms with Crippen LogP contribution in [0.1, 0.15) is 10.4 Å². The van der Waals surface area contributed by atoms with E-state index in [9.17, 15) is 14.9 Å². The van der Waals surface area contributed by atoms with Crippen molar-refractivity contribution in [3.05, 3.63) is 46.0 Å². The van der Waals surface area contributed by atoms with Crippen LogP contribution < -0.4 is 16.4 Å². The van der Waals surface area contributed by atoms with Crippen molar-refractivity contribution in [1.82, 2.24) is 5.32 Å². The van der Waals surface area contributed by atoms with Gasteiger partial charge in [0.2, 0.25) is 0 Å². The van der Waals surface area contributed by atoms with Crippen molar-refractivity contribution in [2.45, 2.75) is 0 Å². The molecule has 19 heavy (non-hydrogen) atoms. The summed E-state index contributed by atoms with van der Waals surface area (Å²) in [6.45, 7) is 0.803. The van der Waals surface area contributed by atoms with Crippen molar-refractivity contribution in [3.63, 3.8) is 0 Å². The number of benzene rings is 1. The Morgan fingerprint density at radius 2 is 2.21 bits per heavy atom. The van der Waals surface area contributed by atoms with Crippen LogP contribution in [0.3, 0.4) is 0 Å². The molecule has 0 atom stereocenters. The number of nitrogens with one attached hydrogen (secondary N) is 2. The highest BCUT2D eigenvalue weighted by Crippen LogP contribution is 2.25. The van der Waals surface area contributed by atoms with Crippen LogP contribution >= 0.6 is 0 Å². The first-order chi connectivity index (χ1) is 9.10. The highest BCUT2D eigenvalue weighted by Gasteiger charge is 2.15. The second-order valence-corrected chi connectivity index (χ2v) is 3.66. The van der Waals surface area contributed by atoms with Gasteiger partial charge < -0.3 is 16.4 Å². The summed E-state index contributed by atoms with van der Waals surface area (Å²) in [4.78, 5) is 21.9. The predicted octanol–water partition coefficient (Wildman–Crippen LogP) is 0.881. The molecule has 1 rings (SSSR count). The normalized spacial score (nSPS) is 10.4. The predicted molar refractivity (Wildman–Crippen MR) is 73.2 cm³/mol. The van der Waals surface area contributed by atoms with Crippen LogP contribution in [0.15, 0.2) is 30.4 Å². The summed E-state index contributed by atoms with van der Waals surface area (Å²) in [7, 11) is 1.50. The molecule has 0 aliphatic carbocycles. The van der Waals surface area contributed by atoms with E-state index in [0.29, 0.717) is 24.3 Å². The molecule has 0 spiro atoms. The summed E-state index contributed by atoms with van der Waals surface area (Å²) in [5.41, 5.74) is 5.88. The number of hydrogen-bond donors (Lipinski definition) is 3. The van der Waals surface area contributed by atoms with Crippen LogP contribution in [0.2, 0.25) is 0 Å². The molecule has 1 aromatic carbocycles. The number of hydrogen-bond acceptors (Lipinski definition) is 5. The molecule has 0 saturated heterocycles. The summed E-state index contributed by atoms with van der Waals surface area (Å²) >= 11 is 0. The molecule has 0 bridgehead atoms. The van der Waals surface area contributed by atoms with Crippen LogP contribution in [0.5, 0.6) is 0 Å². The van der Waals surface area contributed by atoms with Crippen molar-refractivity contribution in [1.29, 1.82) is 0 Å². The van der Waals surface area contributed by atoms with Gasteiger partial charge in [0.25, 0.3) is 11.6 Å². The van der Waals surface area contributed by atoms with Gasteiger partial charge in [0.15, 0.2) is 0 Å². The van der Waals surface area contributed by atoms with Gasteiger partial charge in [-0.15, -0.1) is 0 Å². The second kappa shape index (κ2) is 7.12. The van der Waals surface area contributed by atoms with Crippen molar-refractivity contribution in [2.24, 2.45) is 5.73 Å². The third-order valence-corrected chi connectivity index (χ3v) is 2.40.